The van der Waals surface area contributed by atoms with Crippen LogP contribution in [0.5, 0.6) is 0 Å². The number of aryl methyl sites for hydroxylation is 2. The zero-order valence-electron chi connectivity index (χ0n) is 13.3. The molecule has 0 fully saturated rings. The molecule has 0 spiro atoms. The van der Waals surface area contributed by atoms with Gasteiger partial charge in [-0.1, -0.05) is 6.07 Å². The molecule has 0 atom stereocenters. The van der Waals surface area contributed by atoms with Gasteiger partial charge < -0.3 is 9.67 Å². The van der Waals surface area contributed by atoms with Crippen molar-refractivity contribution in [1.82, 2.24) is 9.29 Å². The van der Waals surface area contributed by atoms with E-state index < -0.39 is 27.7 Å². The summed E-state index contributed by atoms with van der Waals surface area (Å²) in [6, 6.07) is 4.02. The van der Waals surface area contributed by atoms with Crippen molar-refractivity contribution < 1.29 is 31.5 Å². The number of carboxylic acids is 1. The third kappa shape index (κ3) is 4.20. The van der Waals surface area contributed by atoms with Crippen molar-refractivity contribution in [2.75, 3.05) is 0 Å². The molecular weight excluding hydrogens is 361 g/mol. The Balaban J connectivity index is 2.20. The number of halogens is 3. The molecule has 10 heteroatoms. The first-order chi connectivity index (χ1) is 11.4. The molecule has 0 aliphatic carbocycles. The molecule has 2 rings (SSSR count). The highest BCUT2D eigenvalue weighted by Gasteiger charge is 2.30. The van der Waals surface area contributed by atoms with Crippen LogP contribution in [0.4, 0.5) is 13.2 Å². The van der Waals surface area contributed by atoms with Gasteiger partial charge in [-0.2, -0.15) is 13.2 Å². The van der Waals surface area contributed by atoms with Crippen LogP contribution in [0, 0.1) is 6.92 Å². The average molecular weight is 376 g/mol. The van der Waals surface area contributed by atoms with Gasteiger partial charge in [0.2, 0.25) is 10.0 Å². The topological polar surface area (TPSA) is 88.4 Å². The summed E-state index contributed by atoms with van der Waals surface area (Å²) in [6.07, 6.45) is -3.33. The predicted octanol–water partition coefficient (Wildman–Crippen LogP) is 2.53. The van der Waals surface area contributed by atoms with Gasteiger partial charge in [0.1, 0.15) is 10.6 Å². The van der Waals surface area contributed by atoms with Crippen molar-refractivity contribution in [1.29, 1.82) is 0 Å². The average Bonchev–Trinajstić information content (AvgIpc) is 2.88. The van der Waals surface area contributed by atoms with E-state index in [2.05, 4.69) is 4.72 Å². The van der Waals surface area contributed by atoms with Crippen LogP contribution in [0.25, 0.3) is 0 Å². The van der Waals surface area contributed by atoms with Crippen LogP contribution in [0.2, 0.25) is 0 Å². The van der Waals surface area contributed by atoms with Crippen LogP contribution >= 0.6 is 0 Å². The van der Waals surface area contributed by atoms with Crippen molar-refractivity contribution in [3.63, 3.8) is 0 Å². The number of alkyl halides is 3. The largest absolute Gasteiger partial charge is 0.477 e. The van der Waals surface area contributed by atoms with E-state index in [4.69, 9.17) is 5.11 Å². The Morgan fingerprint density at radius 3 is 2.40 bits per heavy atom. The van der Waals surface area contributed by atoms with Gasteiger partial charge in [-0.15, -0.1) is 0 Å². The van der Waals surface area contributed by atoms with Gasteiger partial charge in [0.05, 0.1) is 5.56 Å². The van der Waals surface area contributed by atoms with E-state index in [-0.39, 0.29) is 22.7 Å². The quantitative estimate of drug-likeness (QED) is 0.839. The Kier molecular flexibility index (Phi) is 4.96. The van der Waals surface area contributed by atoms with Crippen molar-refractivity contribution in [2.24, 2.45) is 7.05 Å². The molecule has 6 nitrogen and oxygen atoms in total. The van der Waals surface area contributed by atoms with Crippen molar-refractivity contribution in [3.8, 4) is 0 Å². The van der Waals surface area contributed by atoms with Crippen LogP contribution < -0.4 is 4.72 Å². The predicted molar refractivity (Wildman–Crippen MR) is 82.6 cm³/mol. The number of nitrogens with one attached hydrogen (secondary N) is 1. The summed E-state index contributed by atoms with van der Waals surface area (Å²) in [5.41, 5.74) is -0.348. The molecule has 1 aromatic carbocycles. The second kappa shape index (κ2) is 6.52. The van der Waals surface area contributed by atoms with Gasteiger partial charge in [-0.3, -0.25) is 0 Å². The second-order valence-corrected chi connectivity index (χ2v) is 7.21. The van der Waals surface area contributed by atoms with Gasteiger partial charge in [0.25, 0.3) is 0 Å². The number of aromatic nitrogens is 1. The summed E-state index contributed by atoms with van der Waals surface area (Å²) >= 11 is 0. The minimum atomic E-state index is -4.47. The van der Waals surface area contributed by atoms with E-state index >= 15 is 0 Å². The number of hydrogen-bond donors (Lipinski definition) is 2. The summed E-state index contributed by atoms with van der Waals surface area (Å²) in [5, 5.41) is 8.95. The van der Waals surface area contributed by atoms with E-state index in [9.17, 15) is 26.4 Å². The number of hydrogen-bond acceptors (Lipinski definition) is 3. The molecule has 2 aromatic rings. The smallest absolute Gasteiger partial charge is 0.416 e. The summed E-state index contributed by atoms with van der Waals surface area (Å²) < 4.78 is 65.8. The van der Waals surface area contributed by atoms with Gasteiger partial charge in [-0.05, 0) is 36.2 Å². The first-order valence-corrected chi connectivity index (χ1v) is 8.46. The maximum absolute atomic E-state index is 12.6. The summed E-state index contributed by atoms with van der Waals surface area (Å²) in [4.78, 5) is 10.7. The first-order valence-electron chi connectivity index (χ1n) is 6.98. The monoisotopic (exact) mass is 376 g/mol. The molecule has 2 N–H and O–H groups in total. The molecule has 0 saturated heterocycles. The number of aromatic carboxylic acids is 1. The molecule has 0 aliphatic rings. The minimum absolute atomic E-state index is 0.203. The highest BCUT2D eigenvalue weighted by Crippen LogP contribution is 2.30. The Hall–Kier alpha value is -2.33. The maximum Gasteiger partial charge on any atom is 0.416 e. The lowest BCUT2D eigenvalue weighted by molar-refractivity contribution is -0.137. The summed E-state index contributed by atoms with van der Waals surface area (Å²) in [7, 11) is -2.61. The minimum Gasteiger partial charge on any atom is -0.477 e. The highest BCUT2D eigenvalue weighted by molar-refractivity contribution is 7.89. The molecule has 0 radical (unpaired) electrons. The molecule has 0 amide bonds. The molecular formula is C15H15F3N2O4S. The normalized spacial score (nSPS) is 12.4. The van der Waals surface area contributed by atoms with Gasteiger partial charge in [0, 0.05) is 19.8 Å². The third-order valence-corrected chi connectivity index (χ3v) is 5.00. The fourth-order valence-electron chi connectivity index (χ4n) is 2.22. The lowest BCUT2D eigenvalue weighted by Gasteiger charge is -2.11. The van der Waals surface area contributed by atoms with Crippen LogP contribution in [0.15, 0.2) is 35.4 Å². The maximum atomic E-state index is 12.6. The Bertz CT molecular complexity index is 917. The number of carbonyl (C=O) groups is 1. The molecule has 1 aromatic heterocycles. The fraction of sp³-hybridized carbons (Fsp3) is 0.267. The molecule has 1 heterocycles. The lowest BCUT2D eigenvalue weighted by Crippen LogP contribution is -2.23. The van der Waals surface area contributed by atoms with Crippen LogP contribution in [-0.4, -0.2) is 24.1 Å². The number of sulfonamides is 1. The summed E-state index contributed by atoms with van der Waals surface area (Å²) in [5.74, 6) is -1.28. The molecule has 136 valence electrons. The van der Waals surface area contributed by atoms with Crippen molar-refractivity contribution in [3.05, 3.63) is 52.8 Å². The second-order valence-electron chi connectivity index (χ2n) is 5.44. The van der Waals surface area contributed by atoms with Gasteiger partial charge >= 0.3 is 12.1 Å². The van der Waals surface area contributed by atoms with Crippen LogP contribution in [-0.2, 0) is 29.8 Å². The number of nitrogens with zero attached hydrogens (tertiary/aromatic N) is 1. The zero-order valence-corrected chi connectivity index (χ0v) is 14.1. The number of benzene rings is 1. The van der Waals surface area contributed by atoms with E-state index in [0.717, 1.165) is 29.0 Å². The van der Waals surface area contributed by atoms with E-state index in [1.54, 1.807) is 0 Å². The SMILES string of the molecule is Cc1cc(C(F)(F)F)ccc1CNS(=O)(=O)c1cc(C(=O)O)n(C)c1. The first kappa shape index (κ1) is 19.0. The molecule has 0 unspecified atom stereocenters. The molecule has 0 aliphatic heterocycles. The number of carboxylic acid groups (broad SMARTS) is 1. The molecule has 25 heavy (non-hydrogen) atoms. The Morgan fingerprint density at radius 1 is 1.28 bits per heavy atom. The van der Waals surface area contributed by atoms with Gasteiger partial charge in [0.15, 0.2) is 0 Å². The molecule has 0 bridgehead atoms. The van der Waals surface area contributed by atoms with E-state index in [1.807, 2.05) is 0 Å². The van der Waals surface area contributed by atoms with Crippen molar-refractivity contribution >= 4 is 16.0 Å². The number of rotatable bonds is 5. The highest BCUT2D eigenvalue weighted by atomic mass is 32.2. The van der Waals surface area contributed by atoms with Crippen LogP contribution in [0.3, 0.4) is 0 Å². The van der Waals surface area contributed by atoms with Crippen LogP contribution in [0.1, 0.15) is 27.2 Å². The summed E-state index contributed by atoms with van der Waals surface area (Å²) in [6.45, 7) is 1.23. The zero-order chi connectivity index (χ0) is 19.0. The van der Waals surface area contributed by atoms with Crippen molar-refractivity contribution in [2.45, 2.75) is 24.5 Å². The Labute approximate surface area is 141 Å². The lowest BCUT2D eigenvalue weighted by atomic mass is 10.1. The van der Waals surface area contributed by atoms with Gasteiger partial charge in [-0.25, -0.2) is 17.9 Å². The fourth-order valence-corrected chi connectivity index (χ4v) is 3.30. The third-order valence-electron chi connectivity index (χ3n) is 3.63. The van der Waals surface area contributed by atoms with E-state index in [1.165, 1.54) is 20.0 Å². The molecule has 0 saturated carbocycles. The standard InChI is InChI=1S/C15H15F3N2O4S/c1-9-5-11(15(16,17)18)4-3-10(9)7-19-25(23,24)12-6-13(14(21)22)20(2)8-12/h3-6,8,19H,7H2,1-2H3,(H,21,22). The van der Waals surface area contributed by atoms with E-state index in [0.29, 0.717) is 5.56 Å². The Morgan fingerprint density at radius 2 is 1.92 bits per heavy atom.